The van der Waals surface area contributed by atoms with Crippen LogP contribution in [0.5, 0.6) is 0 Å². The first-order valence-electron chi connectivity index (χ1n) is 8.79. The second-order valence-electron chi connectivity index (χ2n) is 6.57. The number of Topliss-reactive ketones (excluding diaryl/α,β-unsaturated/α-hetero) is 1. The van der Waals surface area contributed by atoms with Crippen molar-refractivity contribution >= 4 is 29.3 Å². The van der Waals surface area contributed by atoms with Crippen molar-refractivity contribution < 1.29 is 4.79 Å². The molecule has 2 aromatic carbocycles. The highest BCUT2D eigenvalue weighted by atomic mass is 16.1. The fraction of sp³-hybridized carbons (Fsp3) is 0.227. The van der Waals surface area contributed by atoms with Crippen molar-refractivity contribution in [3.05, 3.63) is 70.8 Å². The smallest absolute Gasteiger partial charge is 0.185 e. The van der Waals surface area contributed by atoms with Crippen LogP contribution in [0.1, 0.15) is 43.2 Å². The molecule has 3 nitrogen and oxygen atoms in total. The van der Waals surface area contributed by atoms with Gasteiger partial charge >= 0.3 is 0 Å². The van der Waals surface area contributed by atoms with E-state index in [9.17, 15) is 4.79 Å². The third kappa shape index (κ3) is 4.60. The summed E-state index contributed by atoms with van der Waals surface area (Å²) in [6.07, 6.45) is 8.81. The van der Waals surface area contributed by atoms with E-state index in [1.165, 1.54) is 0 Å². The quantitative estimate of drug-likeness (QED) is 0.610. The molecule has 0 unspecified atom stereocenters. The van der Waals surface area contributed by atoms with E-state index in [4.69, 9.17) is 11.5 Å². The van der Waals surface area contributed by atoms with Gasteiger partial charge < -0.3 is 11.5 Å². The lowest BCUT2D eigenvalue weighted by Crippen LogP contribution is -2.09. The zero-order valence-corrected chi connectivity index (χ0v) is 14.4. The normalized spacial score (nSPS) is 19.0. The Morgan fingerprint density at radius 2 is 1.20 bits per heavy atom. The molecule has 0 aliphatic heterocycles. The summed E-state index contributed by atoms with van der Waals surface area (Å²) in [5.41, 5.74) is 16.8. The van der Waals surface area contributed by atoms with Crippen LogP contribution in [-0.2, 0) is 4.79 Å². The molecule has 128 valence electrons. The molecule has 0 amide bonds. The van der Waals surface area contributed by atoms with Crippen molar-refractivity contribution in [1.29, 1.82) is 0 Å². The van der Waals surface area contributed by atoms with E-state index in [0.29, 0.717) is 11.4 Å². The molecule has 0 heterocycles. The minimum absolute atomic E-state index is 0.143. The molecule has 1 aliphatic rings. The highest BCUT2D eigenvalue weighted by Crippen LogP contribution is 2.27. The van der Waals surface area contributed by atoms with Crippen LogP contribution in [-0.4, -0.2) is 5.78 Å². The molecule has 0 radical (unpaired) electrons. The van der Waals surface area contributed by atoms with Crippen molar-refractivity contribution in [2.45, 2.75) is 32.1 Å². The maximum atomic E-state index is 13.1. The van der Waals surface area contributed by atoms with Crippen LogP contribution >= 0.6 is 0 Å². The van der Waals surface area contributed by atoms with E-state index in [1.54, 1.807) is 0 Å². The Morgan fingerprint density at radius 3 is 1.64 bits per heavy atom. The van der Waals surface area contributed by atoms with Gasteiger partial charge in [-0.3, -0.25) is 4.79 Å². The minimum Gasteiger partial charge on any atom is -0.399 e. The molecule has 1 saturated carbocycles. The molecule has 3 rings (SSSR count). The average Bonchev–Trinajstić information content (AvgIpc) is 2.58. The Bertz CT molecular complexity index is 766. The van der Waals surface area contributed by atoms with Crippen molar-refractivity contribution in [3.63, 3.8) is 0 Å². The predicted molar refractivity (Wildman–Crippen MR) is 106 cm³/mol. The Hall–Kier alpha value is -2.81. The molecule has 0 bridgehead atoms. The summed E-state index contributed by atoms with van der Waals surface area (Å²) in [6.45, 7) is 0. The lowest BCUT2D eigenvalue weighted by atomic mass is 9.89. The van der Waals surface area contributed by atoms with Crippen molar-refractivity contribution in [2.24, 2.45) is 0 Å². The second-order valence-corrected chi connectivity index (χ2v) is 6.57. The van der Waals surface area contributed by atoms with E-state index in [0.717, 1.165) is 54.4 Å². The fourth-order valence-electron chi connectivity index (χ4n) is 3.22. The van der Waals surface area contributed by atoms with E-state index in [-0.39, 0.29) is 5.78 Å². The number of ketones is 1. The number of allylic oxidation sites excluding steroid dienone is 2. The molecule has 1 fully saturated rings. The molecular formula is C22H24N2O. The molecule has 0 spiro atoms. The van der Waals surface area contributed by atoms with Gasteiger partial charge in [0.05, 0.1) is 0 Å². The second kappa shape index (κ2) is 7.84. The minimum atomic E-state index is 0.143. The first kappa shape index (κ1) is 17.0. The summed E-state index contributed by atoms with van der Waals surface area (Å²) in [7, 11) is 0. The highest BCUT2D eigenvalue weighted by Gasteiger charge is 2.17. The van der Waals surface area contributed by atoms with E-state index in [2.05, 4.69) is 0 Å². The lowest BCUT2D eigenvalue weighted by Gasteiger charge is -2.15. The van der Waals surface area contributed by atoms with Crippen LogP contribution < -0.4 is 11.5 Å². The summed E-state index contributed by atoms with van der Waals surface area (Å²) in [6, 6.07) is 15.3. The molecular weight excluding hydrogens is 308 g/mol. The summed E-state index contributed by atoms with van der Waals surface area (Å²) in [4.78, 5) is 13.1. The van der Waals surface area contributed by atoms with Crippen LogP contribution in [0.3, 0.4) is 0 Å². The van der Waals surface area contributed by atoms with Gasteiger partial charge in [-0.15, -0.1) is 0 Å². The molecule has 4 N–H and O–H groups in total. The first-order valence-corrected chi connectivity index (χ1v) is 8.79. The number of nitrogens with two attached hydrogens (primary N) is 2. The topological polar surface area (TPSA) is 69.1 Å². The van der Waals surface area contributed by atoms with Gasteiger partial charge in [0.1, 0.15) is 0 Å². The molecule has 3 heteroatoms. The zero-order chi connectivity index (χ0) is 17.6. The molecule has 0 aromatic heterocycles. The van der Waals surface area contributed by atoms with E-state index >= 15 is 0 Å². The van der Waals surface area contributed by atoms with Crippen molar-refractivity contribution in [2.75, 3.05) is 11.5 Å². The molecule has 2 aromatic rings. The Morgan fingerprint density at radius 1 is 0.720 bits per heavy atom. The van der Waals surface area contributed by atoms with Crippen LogP contribution in [0.15, 0.2) is 59.7 Å². The van der Waals surface area contributed by atoms with Crippen LogP contribution in [0.4, 0.5) is 11.4 Å². The van der Waals surface area contributed by atoms with Crippen LogP contribution in [0.25, 0.3) is 12.2 Å². The third-order valence-corrected chi connectivity index (χ3v) is 4.48. The van der Waals surface area contributed by atoms with Crippen LogP contribution in [0.2, 0.25) is 0 Å². The van der Waals surface area contributed by atoms with Gasteiger partial charge in [0.25, 0.3) is 0 Å². The number of hydrogen-bond acceptors (Lipinski definition) is 3. The SMILES string of the molecule is Nc1cccc(/C=C2\CCCCC/C(=C\c3cccc(N)c3)C2=O)c1. The average molecular weight is 332 g/mol. The van der Waals surface area contributed by atoms with Gasteiger partial charge in [-0.25, -0.2) is 0 Å². The Kier molecular flexibility index (Phi) is 5.34. The summed E-state index contributed by atoms with van der Waals surface area (Å²) >= 11 is 0. The number of anilines is 2. The summed E-state index contributed by atoms with van der Waals surface area (Å²) in [5, 5.41) is 0. The van der Waals surface area contributed by atoms with Gasteiger partial charge in [-0.1, -0.05) is 30.7 Å². The molecule has 0 atom stereocenters. The maximum absolute atomic E-state index is 13.1. The van der Waals surface area contributed by atoms with Crippen molar-refractivity contribution in [1.82, 2.24) is 0 Å². The number of carbonyl (C=O) groups excluding carboxylic acids is 1. The zero-order valence-electron chi connectivity index (χ0n) is 14.4. The Labute approximate surface area is 149 Å². The molecule has 25 heavy (non-hydrogen) atoms. The standard InChI is InChI=1S/C22H24N2O/c23-20-10-4-6-16(14-20)12-18-8-2-1-3-9-19(22(18)25)13-17-7-5-11-21(24)15-17/h4-7,10-15H,1-3,8-9,23-24H2/b18-12+,19-13+. The first-order chi connectivity index (χ1) is 12.1. The van der Waals surface area contributed by atoms with Gasteiger partial charge in [0.2, 0.25) is 0 Å². The highest BCUT2D eigenvalue weighted by molar-refractivity contribution is 6.13. The number of benzene rings is 2. The number of carbonyl (C=O) groups is 1. The van der Waals surface area contributed by atoms with Gasteiger partial charge in [0.15, 0.2) is 5.78 Å². The predicted octanol–water partition coefficient (Wildman–Crippen LogP) is 4.85. The number of nitrogen functional groups attached to an aromatic ring is 2. The monoisotopic (exact) mass is 332 g/mol. The van der Waals surface area contributed by atoms with Crippen LogP contribution in [0, 0.1) is 0 Å². The van der Waals surface area contributed by atoms with Gasteiger partial charge in [-0.05, 0) is 73.2 Å². The largest absolute Gasteiger partial charge is 0.399 e. The fourth-order valence-corrected chi connectivity index (χ4v) is 3.22. The third-order valence-electron chi connectivity index (χ3n) is 4.48. The van der Waals surface area contributed by atoms with Crippen molar-refractivity contribution in [3.8, 4) is 0 Å². The molecule has 0 saturated heterocycles. The number of rotatable bonds is 2. The molecule has 1 aliphatic carbocycles. The Balaban J connectivity index is 1.94. The summed E-state index contributed by atoms with van der Waals surface area (Å²) < 4.78 is 0. The lowest BCUT2D eigenvalue weighted by molar-refractivity contribution is -0.112. The van der Waals surface area contributed by atoms with E-state index < -0.39 is 0 Å². The summed E-state index contributed by atoms with van der Waals surface area (Å²) in [5.74, 6) is 0.143. The number of hydrogen-bond donors (Lipinski definition) is 2. The van der Waals surface area contributed by atoms with Gasteiger partial charge in [-0.2, -0.15) is 0 Å². The van der Waals surface area contributed by atoms with E-state index in [1.807, 2.05) is 60.7 Å². The maximum Gasteiger partial charge on any atom is 0.185 e. The van der Waals surface area contributed by atoms with Gasteiger partial charge in [0, 0.05) is 22.5 Å².